The van der Waals surface area contributed by atoms with Crippen molar-refractivity contribution in [3.05, 3.63) is 58.9 Å². The van der Waals surface area contributed by atoms with E-state index in [9.17, 15) is 24.1 Å². The van der Waals surface area contributed by atoms with Crippen molar-refractivity contribution < 1.29 is 33.3 Å². The van der Waals surface area contributed by atoms with Crippen LogP contribution in [0, 0.1) is 31.4 Å². The Kier molecular flexibility index (Phi) is 8.06. The van der Waals surface area contributed by atoms with E-state index in [-0.39, 0.29) is 30.3 Å². The highest BCUT2D eigenvalue weighted by Crippen LogP contribution is 2.40. The van der Waals surface area contributed by atoms with E-state index in [0.29, 0.717) is 40.8 Å². The van der Waals surface area contributed by atoms with Crippen LogP contribution < -0.4 is 15.4 Å². The number of furan rings is 1. The van der Waals surface area contributed by atoms with Gasteiger partial charge in [-0.25, -0.2) is 18.7 Å². The number of hydrogen-bond donors (Lipinski definition) is 5. The molecule has 1 saturated carbocycles. The Morgan fingerprint density at radius 3 is 2.40 bits per heavy atom. The van der Waals surface area contributed by atoms with E-state index in [4.69, 9.17) is 9.15 Å². The van der Waals surface area contributed by atoms with Gasteiger partial charge in [0.1, 0.15) is 29.3 Å². The maximum absolute atomic E-state index is 14.3. The van der Waals surface area contributed by atoms with Crippen LogP contribution in [0.25, 0.3) is 22.3 Å². The minimum Gasteiger partial charge on any atom is -0.478 e. The Morgan fingerprint density at radius 2 is 1.76 bits per heavy atom. The molecule has 3 aromatic heterocycles. The molecule has 0 amide bonds. The standard InChI is InChI=1S/C30H35F2N5O5/c1-6-41-23-11-16-10-22(42-27(16)15(3)34-23)24-14(2)35-29(33-13-17-19(31)8-7-9-20(17)32)37-28(24)36-21-12-18(30(4,5)40)25(38)26(21)39/h7-11,18,21,25-26,38-40H,6,12-13H2,1-5H3,(H2,33,35,36,37)/t18-,21+,25+,26-/m0/s1. The van der Waals surface area contributed by atoms with Crippen LogP contribution in [0.5, 0.6) is 5.88 Å². The highest BCUT2D eigenvalue weighted by Gasteiger charge is 2.48. The number of pyridine rings is 1. The Morgan fingerprint density at radius 1 is 1.05 bits per heavy atom. The molecule has 0 saturated heterocycles. The summed E-state index contributed by atoms with van der Waals surface area (Å²) < 4.78 is 40.3. The smallest absolute Gasteiger partial charge is 0.225 e. The normalized spacial score (nSPS) is 20.7. The quantitative estimate of drug-likeness (QED) is 0.191. The van der Waals surface area contributed by atoms with Crippen LogP contribution in [0.2, 0.25) is 0 Å². The lowest BCUT2D eigenvalue weighted by atomic mass is 9.88. The van der Waals surface area contributed by atoms with Crippen molar-refractivity contribution in [3.63, 3.8) is 0 Å². The highest BCUT2D eigenvalue weighted by molar-refractivity contribution is 5.88. The number of benzene rings is 1. The van der Waals surface area contributed by atoms with Crippen LogP contribution in [0.1, 0.15) is 44.1 Å². The van der Waals surface area contributed by atoms with Crippen LogP contribution >= 0.6 is 0 Å². The molecule has 4 aromatic rings. The first-order valence-electron chi connectivity index (χ1n) is 13.8. The van der Waals surface area contributed by atoms with Gasteiger partial charge in [-0.2, -0.15) is 4.98 Å². The first-order chi connectivity index (χ1) is 19.9. The molecule has 1 fully saturated rings. The van der Waals surface area contributed by atoms with Gasteiger partial charge in [0.05, 0.1) is 41.3 Å². The molecule has 12 heteroatoms. The van der Waals surface area contributed by atoms with Gasteiger partial charge in [-0.1, -0.05) is 6.07 Å². The van der Waals surface area contributed by atoms with E-state index in [1.807, 2.05) is 19.9 Å². The lowest BCUT2D eigenvalue weighted by molar-refractivity contribution is -0.0601. The van der Waals surface area contributed by atoms with Crippen molar-refractivity contribution in [1.29, 1.82) is 0 Å². The number of rotatable bonds is 9. The van der Waals surface area contributed by atoms with Gasteiger partial charge in [0.25, 0.3) is 0 Å². The summed E-state index contributed by atoms with van der Waals surface area (Å²) in [6, 6.07) is 6.53. The fourth-order valence-electron chi connectivity index (χ4n) is 5.50. The molecule has 10 nitrogen and oxygen atoms in total. The summed E-state index contributed by atoms with van der Waals surface area (Å²) >= 11 is 0. The number of fused-ring (bicyclic) bond motifs is 1. The summed E-state index contributed by atoms with van der Waals surface area (Å²) in [6.45, 7) is 8.83. The van der Waals surface area contributed by atoms with Crippen molar-refractivity contribution in [1.82, 2.24) is 15.0 Å². The lowest BCUT2D eigenvalue weighted by Gasteiger charge is -2.28. The molecule has 224 valence electrons. The molecule has 42 heavy (non-hydrogen) atoms. The van der Waals surface area contributed by atoms with Gasteiger partial charge in [0, 0.05) is 29.5 Å². The zero-order valence-electron chi connectivity index (χ0n) is 24.1. The Hall–Kier alpha value is -3.87. The molecule has 0 aliphatic heterocycles. The predicted molar refractivity (Wildman–Crippen MR) is 153 cm³/mol. The molecular formula is C30H35F2N5O5. The van der Waals surface area contributed by atoms with E-state index in [0.717, 1.165) is 5.39 Å². The van der Waals surface area contributed by atoms with Gasteiger partial charge in [0.2, 0.25) is 11.8 Å². The number of halogens is 2. The minimum absolute atomic E-state index is 0.0843. The summed E-state index contributed by atoms with van der Waals surface area (Å²) in [6.07, 6.45) is -2.13. The van der Waals surface area contributed by atoms with E-state index < -0.39 is 41.4 Å². The SMILES string of the molecule is CCOc1cc2cc(-c3c(C)nc(NCc4c(F)cccc4F)nc3N[C@@H]3C[C@H](C(C)(C)O)[C@@H](O)[C@H]3O)oc2c(C)n1. The van der Waals surface area contributed by atoms with Crippen molar-refractivity contribution in [3.8, 4) is 17.2 Å². The molecule has 0 spiro atoms. The molecule has 5 N–H and O–H groups in total. The van der Waals surface area contributed by atoms with Crippen LogP contribution in [0.3, 0.4) is 0 Å². The van der Waals surface area contributed by atoms with Gasteiger partial charge in [-0.05, 0) is 59.2 Å². The number of aromatic nitrogens is 3. The van der Waals surface area contributed by atoms with E-state index in [2.05, 4.69) is 25.6 Å². The van der Waals surface area contributed by atoms with Gasteiger partial charge < -0.3 is 35.1 Å². The van der Waals surface area contributed by atoms with E-state index in [1.54, 1.807) is 26.8 Å². The lowest BCUT2D eigenvalue weighted by Crippen LogP contribution is -2.40. The second kappa shape index (κ2) is 11.4. The first kappa shape index (κ1) is 29.6. The molecular weight excluding hydrogens is 548 g/mol. The number of hydrogen-bond acceptors (Lipinski definition) is 10. The Labute approximate surface area is 241 Å². The van der Waals surface area contributed by atoms with Gasteiger partial charge >= 0.3 is 0 Å². The fourth-order valence-corrected chi connectivity index (χ4v) is 5.50. The van der Waals surface area contributed by atoms with E-state index >= 15 is 0 Å². The van der Waals surface area contributed by atoms with E-state index in [1.165, 1.54) is 18.2 Å². The molecule has 4 atom stereocenters. The number of aryl methyl sites for hydroxylation is 2. The van der Waals surface area contributed by atoms with Crippen molar-refractivity contribution in [2.24, 2.45) is 5.92 Å². The Bertz CT molecular complexity index is 1590. The summed E-state index contributed by atoms with van der Waals surface area (Å²) in [5.74, 6) is -0.776. The van der Waals surface area contributed by atoms with Crippen LogP contribution in [0.15, 0.2) is 34.7 Å². The topological polar surface area (TPSA) is 146 Å². The average molecular weight is 584 g/mol. The third kappa shape index (κ3) is 5.74. The second-order valence-corrected chi connectivity index (χ2v) is 11.1. The van der Waals surface area contributed by atoms with Crippen molar-refractivity contribution in [2.45, 2.75) is 71.4 Å². The number of ether oxygens (including phenoxy) is 1. The number of nitrogens with zero attached hydrogens (tertiary/aromatic N) is 3. The second-order valence-electron chi connectivity index (χ2n) is 11.1. The molecule has 5 rings (SSSR count). The average Bonchev–Trinajstić information content (AvgIpc) is 3.45. The summed E-state index contributed by atoms with van der Waals surface area (Å²) in [7, 11) is 0. The van der Waals surface area contributed by atoms with Gasteiger partial charge in [0.15, 0.2) is 5.58 Å². The zero-order chi connectivity index (χ0) is 30.3. The van der Waals surface area contributed by atoms with Crippen molar-refractivity contribution >= 4 is 22.7 Å². The molecule has 1 aliphatic carbocycles. The monoisotopic (exact) mass is 583 g/mol. The van der Waals surface area contributed by atoms with Crippen molar-refractivity contribution in [2.75, 3.05) is 17.2 Å². The molecule has 0 unspecified atom stereocenters. The number of nitrogens with one attached hydrogen (secondary N) is 2. The summed E-state index contributed by atoms with van der Waals surface area (Å²) in [4.78, 5) is 13.6. The highest BCUT2D eigenvalue weighted by atomic mass is 19.1. The summed E-state index contributed by atoms with van der Waals surface area (Å²) in [5.41, 5.74) is 0.743. The van der Waals surface area contributed by atoms with Gasteiger partial charge in [-0.15, -0.1) is 0 Å². The number of aliphatic hydroxyl groups is 3. The molecule has 1 aromatic carbocycles. The van der Waals surface area contributed by atoms with Crippen LogP contribution in [0.4, 0.5) is 20.5 Å². The minimum atomic E-state index is -1.24. The molecule has 0 radical (unpaired) electrons. The van der Waals surface area contributed by atoms with Gasteiger partial charge in [-0.3, -0.25) is 0 Å². The third-order valence-electron chi connectivity index (χ3n) is 7.67. The first-order valence-corrected chi connectivity index (χ1v) is 13.8. The summed E-state index contributed by atoms with van der Waals surface area (Å²) in [5, 5.41) is 39.0. The largest absolute Gasteiger partial charge is 0.478 e. The maximum Gasteiger partial charge on any atom is 0.225 e. The van der Waals surface area contributed by atoms with Crippen LogP contribution in [-0.2, 0) is 6.54 Å². The third-order valence-corrected chi connectivity index (χ3v) is 7.67. The zero-order valence-corrected chi connectivity index (χ0v) is 24.1. The molecule has 3 heterocycles. The Balaban J connectivity index is 1.56. The molecule has 0 bridgehead atoms. The predicted octanol–water partition coefficient (Wildman–Crippen LogP) is 4.48. The fraction of sp³-hybridized carbons (Fsp3) is 0.433. The number of anilines is 2. The number of aliphatic hydroxyl groups excluding tert-OH is 2. The molecule has 1 aliphatic rings. The maximum atomic E-state index is 14.3. The van der Waals surface area contributed by atoms with Crippen LogP contribution in [-0.4, -0.2) is 60.7 Å².